The SMILES string of the molecule is N#Cc1ccc(OCCOc2ccccc2-c2ccccc2)c(Br)c1. The van der Waals surface area contributed by atoms with Crippen molar-refractivity contribution >= 4 is 15.9 Å². The second kappa shape index (κ2) is 8.36. The van der Waals surface area contributed by atoms with Crippen molar-refractivity contribution in [1.29, 1.82) is 5.26 Å². The highest BCUT2D eigenvalue weighted by Gasteiger charge is 2.06. The molecule has 0 spiro atoms. The van der Waals surface area contributed by atoms with Gasteiger partial charge in [-0.15, -0.1) is 0 Å². The molecule has 0 unspecified atom stereocenters. The number of benzene rings is 3. The van der Waals surface area contributed by atoms with Crippen LogP contribution in [0.1, 0.15) is 5.56 Å². The minimum Gasteiger partial charge on any atom is -0.489 e. The molecule has 0 aliphatic heterocycles. The van der Waals surface area contributed by atoms with Gasteiger partial charge in [-0.3, -0.25) is 0 Å². The van der Waals surface area contributed by atoms with Crippen LogP contribution in [-0.4, -0.2) is 13.2 Å². The summed E-state index contributed by atoms with van der Waals surface area (Å²) in [5.74, 6) is 1.52. The monoisotopic (exact) mass is 393 g/mol. The van der Waals surface area contributed by atoms with Gasteiger partial charge < -0.3 is 9.47 Å². The molecule has 3 aromatic rings. The van der Waals surface area contributed by atoms with Crippen LogP contribution in [0.2, 0.25) is 0 Å². The first kappa shape index (κ1) is 17.1. The minimum absolute atomic E-state index is 0.410. The summed E-state index contributed by atoms with van der Waals surface area (Å²) in [6, 6.07) is 25.4. The number of hydrogen-bond acceptors (Lipinski definition) is 3. The zero-order valence-corrected chi connectivity index (χ0v) is 15.1. The summed E-state index contributed by atoms with van der Waals surface area (Å²) in [6.45, 7) is 0.837. The number of para-hydroxylation sites is 1. The van der Waals surface area contributed by atoms with Crippen LogP contribution in [0.4, 0.5) is 0 Å². The molecule has 25 heavy (non-hydrogen) atoms. The number of nitrogens with zero attached hydrogens (tertiary/aromatic N) is 1. The fourth-order valence-electron chi connectivity index (χ4n) is 2.44. The normalized spacial score (nSPS) is 10.1. The second-order valence-corrected chi connectivity index (χ2v) is 6.17. The smallest absolute Gasteiger partial charge is 0.133 e. The van der Waals surface area contributed by atoms with Gasteiger partial charge in [0.15, 0.2) is 0 Å². The summed E-state index contributed by atoms with van der Waals surface area (Å²) in [7, 11) is 0. The zero-order valence-electron chi connectivity index (χ0n) is 13.5. The lowest BCUT2D eigenvalue weighted by atomic mass is 10.1. The van der Waals surface area contributed by atoms with Gasteiger partial charge in [-0.2, -0.15) is 5.26 Å². The molecule has 0 bridgehead atoms. The van der Waals surface area contributed by atoms with E-state index < -0.39 is 0 Å². The maximum absolute atomic E-state index is 8.88. The van der Waals surface area contributed by atoms with Crippen molar-refractivity contribution in [2.45, 2.75) is 0 Å². The fraction of sp³-hybridized carbons (Fsp3) is 0.0952. The van der Waals surface area contributed by atoms with Crippen molar-refractivity contribution in [3.63, 3.8) is 0 Å². The van der Waals surface area contributed by atoms with Crippen molar-refractivity contribution in [3.8, 4) is 28.7 Å². The van der Waals surface area contributed by atoms with Crippen LogP contribution in [0, 0.1) is 11.3 Å². The number of rotatable bonds is 6. The summed E-state index contributed by atoms with van der Waals surface area (Å²) in [4.78, 5) is 0. The Morgan fingerprint density at radius 1 is 0.800 bits per heavy atom. The van der Waals surface area contributed by atoms with E-state index in [1.54, 1.807) is 18.2 Å². The molecule has 3 rings (SSSR count). The first-order chi connectivity index (χ1) is 12.3. The Morgan fingerprint density at radius 3 is 2.20 bits per heavy atom. The van der Waals surface area contributed by atoms with Gasteiger partial charge in [0.25, 0.3) is 0 Å². The van der Waals surface area contributed by atoms with Gasteiger partial charge in [0.1, 0.15) is 24.7 Å². The lowest BCUT2D eigenvalue weighted by Crippen LogP contribution is -2.09. The summed E-state index contributed by atoms with van der Waals surface area (Å²) >= 11 is 3.41. The van der Waals surface area contributed by atoms with Crippen molar-refractivity contribution < 1.29 is 9.47 Å². The highest BCUT2D eigenvalue weighted by Crippen LogP contribution is 2.30. The van der Waals surface area contributed by atoms with E-state index in [2.05, 4.69) is 34.1 Å². The number of nitriles is 1. The molecule has 3 nitrogen and oxygen atoms in total. The van der Waals surface area contributed by atoms with Crippen LogP contribution < -0.4 is 9.47 Å². The maximum Gasteiger partial charge on any atom is 0.133 e. The van der Waals surface area contributed by atoms with Crippen LogP contribution in [0.5, 0.6) is 11.5 Å². The van der Waals surface area contributed by atoms with Crippen LogP contribution in [-0.2, 0) is 0 Å². The summed E-state index contributed by atoms with van der Waals surface area (Å²) in [5.41, 5.74) is 2.77. The molecule has 4 heteroatoms. The average molecular weight is 394 g/mol. The molecule has 0 atom stereocenters. The Bertz CT molecular complexity index is 888. The Labute approximate surface area is 155 Å². The van der Waals surface area contributed by atoms with Gasteiger partial charge >= 0.3 is 0 Å². The van der Waals surface area contributed by atoms with E-state index in [1.165, 1.54) is 0 Å². The van der Waals surface area contributed by atoms with E-state index in [0.29, 0.717) is 24.5 Å². The maximum atomic E-state index is 8.88. The van der Waals surface area contributed by atoms with E-state index in [1.807, 2.05) is 42.5 Å². The van der Waals surface area contributed by atoms with Crippen molar-refractivity contribution in [1.82, 2.24) is 0 Å². The summed E-state index contributed by atoms with van der Waals surface area (Å²) in [6.07, 6.45) is 0. The lowest BCUT2D eigenvalue weighted by Gasteiger charge is -2.13. The fourth-order valence-corrected chi connectivity index (χ4v) is 2.93. The first-order valence-corrected chi connectivity index (χ1v) is 8.67. The molecular formula is C21H16BrNO2. The van der Waals surface area contributed by atoms with E-state index in [9.17, 15) is 0 Å². The standard InChI is InChI=1S/C21H16BrNO2/c22-19-14-16(15-23)10-11-21(19)25-13-12-24-20-9-5-4-8-18(20)17-6-2-1-3-7-17/h1-11,14H,12-13H2. The molecule has 0 saturated carbocycles. The van der Waals surface area contributed by atoms with Crippen LogP contribution >= 0.6 is 15.9 Å². The second-order valence-electron chi connectivity index (χ2n) is 5.32. The summed E-state index contributed by atoms with van der Waals surface area (Å²) < 4.78 is 12.4. The topological polar surface area (TPSA) is 42.2 Å². The molecule has 3 aromatic carbocycles. The van der Waals surface area contributed by atoms with Gasteiger partial charge in [-0.1, -0.05) is 48.5 Å². The van der Waals surface area contributed by atoms with Gasteiger partial charge in [0.2, 0.25) is 0 Å². The van der Waals surface area contributed by atoms with Gasteiger partial charge in [-0.05, 0) is 45.8 Å². The first-order valence-electron chi connectivity index (χ1n) is 7.87. The number of halogens is 1. The molecular weight excluding hydrogens is 378 g/mol. The van der Waals surface area contributed by atoms with Gasteiger partial charge in [0, 0.05) is 5.56 Å². The van der Waals surface area contributed by atoms with E-state index >= 15 is 0 Å². The zero-order chi connectivity index (χ0) is 17.5. The average Bonchev–Trinajstić information content (AvgIpc) is 2.67. The van der Waals surface area contributed by atoms with Crippen LogP contribution in [0.3, 0.4) is 0 Å². The molecule has 0 aromatic heterocycles. The van der Waals surface area contributed by atoms with Crippen molar-refractivity contribution in [2.24, 2.45) is 0 Å². The Balaban J connectivity index is 1.61. The van der Waals surface area contributed by atoms with E-state index in [-0.39, 0.29) is 0 Å². The Hall–Kier alpha value is -2.77. The Morgan fingerprint density at radius 2 is 1.48 bits per heavy atom. The third-order valence-electron chi connectivity index (χ3n) is 3.63. The van der Waals surface area contributed by atoms with Crippen LogP contribution in [0.25, 0.3) is 11.1 Å². The highest BCUT2D eigenvalue weighted by molar-refractivity contribution is 9.10. The largest absolute Gasteiger partial charge is 0.489 e. The van der Waals surface area contributed by atoms with Crippen molar-refractivity contribution in [3.05, 3.63) is 82.8 Å². The van der Waals surface area contributed by atoms with Crippen molar-refractivity contribution in [2.75, 3.05) is 13.2 Å². The van der Waals surface area contributed by atoms with Crippen LogP contribution in [0.15, 0.2) is 77.3 Å². The van der Waals surface area contributed by atoms with Gasteiger partial charge in [0.05, 0.1) is 16.1 Å². The molecule has 0 aliphatic rings. The number of hydrogen-bond donors (Lipinski definition) is 0. The lowest BCUT2D eigenvalue weighted by molar-refractivity contribution is 0.217. The third kappa shape index (κ3) is 4.40. The predicted octanol–water partition coefficient (Wildman–Crippen LogP) is 5.45. The molecule has 0 saturated heterocycles. The molecule has 124 valence electrons. The molecule has 0 heterocycles. The molecule has 0 fully saturated rings. The van der Waals surface area contributed by atoms with E-state index in [0.717, 1.165) is 21.3 Å². The molecule has 0 aliphatic carbocycles. The predicted molar refractivity (Wildman–Crippen MR) is 102 cm³/mol. The molecule has 0 amide bonds. The highest BCUT2D eigenvalue weighted by atomic mass is 79.9. The third-order valence-corrected chi connectivity index (χ3v) is 4.25. The minimum atomic E-state index is 0.410. The Kier molecular flexibility index (Phi) is 5.71. The molecule has 0 N–H and O–H groups in total. The van der Waals surface area contributed by atoms with Gasteiger partial charge in [-0.25, -0.2) is 0 Å². The quantitative estimate of drug-likeness (QED) is 0.523. The molecule has 0 radical (unpaired) electrons. The van der Waals surface area contributed by atoms with E-state index in [4.69, 9.17) is 14.7 Å². The summed E-state index contributed by atoms with van der Waals surface area (Å²) in [5, 5.41) is 8.88. The number of ether oxygens (including phenoxy) is 2.